The number of carboxylic acids is 1. The fourth-order valence-electron chi connectivity index (χ4n) is 1.95. The maximum atomic E-state index is 11.2. The third kappa shape index (κ3) is 2.67. The Labute approximate surface area is 126 Å². The molecule has 2 aromatic rings. The fourth-order valence-corrected chi connectivity index (χ4v) is 2.56. The largest absolute Gasteiger partial charge is 0.476 e. The summed E-state index contributed by atoms with van der Waals surface area (Å²) in [5.74, 6) is -1.15. The molecule has 0 saturated heterocycles. The van der Waals surface area contributed by atoms with Crippen molar-refractivity contribution < 1.29 is 9.90 Å². The van der Waals surface area contributed by atoms with Gasteiger partial charge in [0.25, 0.3) is 0 Å². The van der Waals surface area contributed by atoms with Crippen molar-refractivity contribution in [3.63, 3.8) is 0 Å². The maximum Gasteiger partial charge on any atom is 0.358 e. The number of carboxylic acid groups (broad SMARTS) is 1. The number of hydrogen-bond acceptors (Lipinski definition) is 2. The molecule has 0 saturated carbocycles. The number of carbonyl (C=O) groups is 1. The molecule has 0 atom stereocenters. The van der Waals surface area contributed by atoms with Gasteiger partial charge in [0.1, 0.15) is 0 Å². The summed E-state index contributed by atoms with van der Waals surface area (Å²) >= 11 is 12.1. The van der Waals surface area contributed by atoms with Gasteiger partial charge in [-0.1, -0.05) is 44.0 Å². The second-order valence-corrected chi connectivity index (χ2v) is 6.27. The summed E-state index contributed by atoms with van der Waals surface area (Å²) in [5.41, 5.74) is 0.872. The van der Waals surface area contributed by atoms with Crippen LogP contribution in [-0.4, -0.2) is 20.9 Å². The molecule has 0 aliphatic carbocycles. The predicted octanol–water partition coefficient (Wildman–Crippen LogP) is 4.17. The fraction of sp³-hybridized carbons (Fsp3) is 0.286. The molecule has 1 N–H and O–H groups in total. The zero-order valence-corrected chi connectivity index (χ0v) is 12.8. The Morgan fingerprint density at radius 1 is 1.20 bits per heavy atom. The molecule has 0 aliphatic heterocycles. The molecule has 1 aromatic heterocycles. The van der Waals surface area contributed by atoms with Crippen molar-refractivity contribution in [3.8, 4) is 5.69 Å². The van der Waals surface area contributed by atoms with Gasteiger partial charge in [0, 0.05) is 10.4 Å². The standard InChI is InChI=1S/C14H14Cl2N2O2/c1-14(2,3)12-10(16)11(13(19)20)17-18(12)9-6-4-8(15)5-7-9/h4-7H,1-3H3,(H,19,20). The monoisotopic (exact) mass is 312 g/mol. The predicted molar refractivity (Wildman–Crippen MR) is 79.2 cm³/mol. The molecular weight excluding hydrogens is 299 g/mol. The van der Waals surface area contributed by atoms with Gasteiger partial charge in [-0.25, -0.2) is 9.48 Å². The minimum atomic E-state index is -1.15. The molecule has 0 amide bonds. The van der Waals surface area contributed by atoms with Crippen molar-refractivity contribution in [2.24, 2.45) is 0 Å². The van der Waals surface area contributed by atoms with Crippen molar-refractivity contribution in [2.45, 2.75) is 26.2 Å². The van der Waals surface area contributed by atoms with Gasteiger partial charge in [-0.3, -0.25) is 0 Å². The summed E-state index contributed by atoms with van der Waals surface area (Å²) in [7, 11) is 0. The first-order valence-corrected chi connectivity index (χ1v) is 6.75. The highest BCUT2D eigenvalue weighted by Gasteiger charge is 2.29. The van der Waals surface area contributed by atoms with Crippen molar-refractivity contribution in [3.05, 3.63) is 45.7 Å². The van der Waals surface area contributed by atoms with Gasteiger partial charge in [-0.15, -0.1) is 0 Å². The Morgan fingerprint density at radius 3 is 2.20 bits per heavy atom. The number of rotatable bonds is 2. The summed E-state index contributed by atoms with van der Waals surface area (Å²) < 4.78 is 1.56. The number of nitrogens with zero attached hydrogens (tertiary/aromatic N) is 2. The number of benzene rings is 1. The molecule has 0 spiro atoms. The zero-order valence-electron chi connectivity index (χ0n) is 11.3. The van der Waals surface area contributed by atoms with Gasteiger partial charge in [0.05, 0.1) is 16.4 Å². The lowest BCUT2D eigenvalue weighted by Gasteiger charge is -2.21. The summed E-state index contributed by atoms with van der Waals surface area (Å²) in [5, 5.41) is 14.1. The van der Waals surface area contributed by atoms with Gasteiger partial charge in [0.15, 0.2) is 5.69 Å². The van der Waals surface area contributed by atoms with Crippen molar-refractivity contribution >= 4 is 29.2 Å². The SMILES string of the molecule is CC(C)(C)c1c(Cl)c(C(=O)O)nn1-c1ccc(Cl)cc1. The lowest BCUT2D eigenvalue weighted by atomic mass is 9.91. The lowest BCUT2D eigenvalue weighted by Crippen LogP contribution is -2.18. The van der Waals surface area contributed by atoms with Gasteiger partial charge in [0.2, 0.25) is 0 Å². The highest BCUT2D eigenvalue weighted by Crippen LogP contribution is 2.34. The van der Waals surface area contributed by atoms with E-state index in [9.17, 15) is 9.90 Å². The summed E-state index contributed by atoms with van der Waals surface area (Å²) in [6, 6.07) is 6.98. The van der Waals surface area contributed by atoms with Crippen LogP contribution in [0, 0.1) is 0 Å². The molecular formula is C14H14Cl2N2O2. The number of halogens is 2. The average molecular weight is 313 g/mol. The summed E-state index contributed by atoms with van der Waals surface area (Å²) in [6.07, 6.45) is 0. The van der Waals surface area contributed by atoms with Crippen LogP contribution < -0.4 is 0 Å². The number of aromatic carboxylic acids is 1. The maximum absolute atomic E-state index is 11.2. The van der Waals surface area contributed by atoms with E-state index < -0.39 is 5.97 Å². The van der Waals surface area contributed by atoms with Crippen LogP contribution in [0.1, 0.15) is 37.0 Å². The Kier molecular flexibility index (Phi) is 3.80. The Morgan fingerprint density at radius 2 is 1.75 bits per heavy atom. The minimum Gasteiger partial charge on any atom is -0.476 e. The van der Waals surface area contributed by atoms with Crippen LogP contribution >= 0.6 is 23.2 Å². The van der Waals surface area contributed by atoms with Crippen molar-refractivity contribution in [1.29, 1.82) is 0 Å². The van der Waals surface area contributed by atoms with E-state index in [4.69, 9.17) is 23.2 Å². The van der Waals surface area contributed by atoms with E-state index in [1.807, 2.05) is 20.8 Å². The Balaban J connectivity index is 2.72. The van der Waals surface area contributed by atoms with Gasteiger partial charge < -0.3 is 5.11 Å². The third-order valence-corrected chi connectivity index (χ3v) is 3.42. The second-order valence-electron chi connectivity index (χ2n) is 5.45. The highest BCUT2D eigenvalue weighted by atomic mass is 35.5. The van der Waals surface area contributed by atoms with E-state index in [2.05, 4.69) is 5.10 Å². The molecule has 0 aliphatic rings. The minimum absolute atomic E-state index is 0.147. The number of hydrogen-bond donors (Lipinski definition) is 1. The molecule has 2 rings (SSSR count). The summed E-state index contributed by atoms with van der Waals surface area (Å²) in [6.45, 7) is 5.86. The topological polar surface area (TPSA) is 55.1 Å². The molecule has 6 heteroatoms. The first-order valence-electron chi connectivity index (χ1n) is 6.00. The first kappa shape index (κ1) is 14.9. The average Bonchev–Trinajstić information content (AvgIpc) is 2.67. The molecule has 0 bridgehead atoms. The van der Waals surface area contributed by atoms with Gasteiger partial charge >= 0.3 is 5.97 Å². The molecule has 1 aromatic carbocycles. The van der Waals surface area contributed by atoms with Crippen LogP contribution in [-0.2, 0) is 5.41 Å². The van der Waals surface area contributed by atoms with E-state index in [1.54, 1.807) is 28.9 Å². The molecule has 1 heterocycles. The molecule has 0 unspecified atom stereocenters. The molecule has 106 valence electrons. The zero-order chi connectivity index (χ0) is 15.1. The van der Waals surface area contributed by atoms with Crippen molar-refractivity contribution in [2.75, 3.05) is 0 Å². The number of aromatic nitrogens is 2. The van der Waals surface area contributed by atoms with Gasteiger partial charge in [-0.2, -0.15) is 5.10 Å². The molecule has 0 radical (unpaired) electrons. The van der Waals surface area contributed by atoms with E-state index >= 15 is 0 Å². The quantitative estimate of drug-likeness (QED) is 0.905. The van der Waals surface area contributed by atoms with E-state index in [-0.39, 0.29) is 16.1 Å². The van der Waals surface area contributed by atoms with Crippen LogP contribution in [0.3, 0.4) is 0 Å². The van der Waals surface area contributed by atoms with E-state index in [0.717, 1.165) is 0 Å². The highest BCUT2D eigenvalue weighted by molar-refractivity contribution is 6.34. The smallest absolute Gasteiger partial charge is 0.358 e. The van der Waals surface area contributed by atoms with Crippen LogP contribution in [0.25, 0.3) is 5.69 Å². The summed E-state index contributed by atoms with van der Waals surface area (Å²) in [4.78, 5) is 11.2. The van der Waals surface area contributed by atoms with Crippen LogP contribution in [0.2, 0.25) is 10.0 Å². The van der Waals surface area contributed by atoms with Crippen LogP contribution in [0.15, 0.2) is 24.3 Å². The second kappa shape index (κ2) is 5.11. The Bertz CT molecular complexity index is 655. The van der Waals surface area contributed by atoms with Gasteiger partial charge in [-0.05, 0) is 24.3 Å². The van der Waals surface area contributed by atoms with Crippen molar-refractivity contribution in [1.82, 2.24) is 9.78 Å². The first-order chi connectivity index (χ1) is 9.21. The molecule has 0 fully saturated rings. The molecule has 20 heavy (non-hydrogen) atoms. The molecule has 4 nitrogen and oxygen atoms in total. The van der Waals surface area contributed by atoms with Crippen LogP contribution in [0.5, 0.6) is 0 Å². The lowest BCUT2D eigenvalue weighted by molar-refractivity contribution is 0.0690. The van der Waals surface area contributed by atoms with Crippen LogP contribution in [0.4, 0.5) is 0 Å². The van der Waals surface area contributed by atoms with E-state index in [0.29, 0.717) is 16.4 Å². The Hall–Kier alpha value is -1.52. The third-order valence-electron chi connectivity index (χ3n) is 2.81. The van der Waals surface area contributed by atoms with E-state index in [1.165, 1.54) is 0 Å². The normalized spacial score (nSPS) is 11.7.